The van der Waals surface area contributed by atoms with E-state index in [-0.39, 0.29) is 5.78 Å². The zero-order valence-corrected chi connectivity index (χ0v) is 12.0. The van der Waals surface area contributed by atoms with E-state index in [1.807, 2.05) is 6.07 Å². The molecule has 4 rings (SSSR count). The molecule has 0 bridgehead atoms. The fourth-order valence-corrected chi connectivity index (χ4v) is 3.86. The number of nitrogens with zero attached hydrogens (tertiary/aromatic N) is 1. The average molecular weight is 273 g/mol. The SMILES string of the molecule is O=C(C[C@H]1CCC[C@@H](C2CC2)C1)c1cc(C2CC2)on1. The lowest BCUT2D eigenvalue weighted by Gasteiger charge is -2.28. The largest absolute Gasteiger partial charge is 0.360 e. The Kier molecular flexibility index (Phi) is 3.16. The van der Waals surface area contributed by atoms with Crippen molar-refractivity contribution >= 4 is 5.78 Å². The maximum Gasteiger partial charge on any atom is 0.185 e. The topological polar surface area (TPSA) is 43.1 Å². The molecular formula is C17H23NO2. The van der Waals surface area contributed by atoms with E-state index in [9.17, 15) is 4.79 Å². The van der Waals surface area contributed by atoms with Gasteiger partial charge in [-0.15, -0.1) is 0 Å². The third-order valence-electron chi connectivity index (χ3n) is 5.38. The number of hydrogen-bond donors (Lipinski definition) is 0. The van der Waals surface area contributed by atoms with Crippen LogP contribution in [0.25, 0.3) is 0 Å². The first kappa shape index (κ1) is 12.6. The van der Waals surface area contributed by atoms with Crippen molar-refractivity contribution < 1.29 is 9.32 Å². The molecular weight excluding hydrogens is 250 g/mol. The van der Waals surface area contributed by atoms with Gasteiger partial charge in [-0.2, -0.15) is 0 Å². The highest BCUT2D eigenvalue weighted by atomic mass is 16.5. The molecule has 0 saturated heterocycles. The lowest BCUT2D eigenvalue weighted by Crippen LogP contribution is -2.19. The molecule has 0 N–H and O–H groups in total. The van der Waals surface area contributed by atoms with Crippen LogP contribution in [0.3, 0.4) is 0 Å². The number of hydrogen-bond acceptors (Lipinski definition) is 3. The van der Waals surface area contributed by atoms with E-state index in [1.54, 1.807) is 0 Å². The minimum Gasteiger partial charge on any atom is -0.360 e. The Bertz CT molecular complexity index is 499. The van der Waals surface area contributed by atoms with E-state index >= 15 is 0 Å². The summed E-state index contributed by atoms with van der Waals surface area (Å²) in [7, 11) is 0. The van der Waals surface area contributed by atoms with Crippen molar-refractivity contribution in [1.82, 2.24) is 5.16 Å². The Balaban J connectivity index is 1.35. The van der Waals surface area contributed by atoms with Crippen molar-refractivity contribution in [2.45, 2.75) is 63.7 Å². The van der Waals surface area contributed by atoms with Gasteiger partial charge in [-0.1, -0.05) is 18.0 Å². The highest BCUT2D eigenvalue weighted by molar-refractivity contribution is 5.94. The predicted octanol–water partition coefficient (Wildman–Crippen LogP) is 4.34. The van der Waals surface area contributed by atoms with Crippen molar-refractivity contribution in [3.8, 4) is 0 Å². The summed E-state index contributed by atoms with van der Waals surface area (Å²) in [5, 5.41) is 3.98. The normalized spacial score (nSPS) is 30.4. The van der Waals surface area contributed by atoms with Crippen LogP contribution >= 0.6 is 0 Å². The van der Waals surface area contributed by atoms with E-state index in [1.165, 1.54) is 51.4 Å². The van der Waals surface area contributed by atoms with Crippen LogP contribution in [0.1, 0.15) is 80.0 Å². The maximum atomic E-state index is 12.3. The summed E-state index contributed by atoms with van der Waals surface area (Å²) in [6.07, 6.45) is 11.1. The van der Waals surface area contributed by atoms with Crippen molar-refractivity contribution in [2.24, 2.45) is 17.8 Å². The first-order valence-corrected chi connectivity index (χ1v) is 8.29. The molecule has 1 heterocycles. The van der Waals surface area contributed by atoms with E-state index < -0.39 is 0 Å². The second kappa shape index (κ2) is 5.01. The third-order valence-corrected chi connectivity index (χ3v) is 5.38. The summed E-state index contributed by atoms with van der Waals surface area (Å²) in [5.41, 5.74) is 0.570. The van der Waals surface area contributed by atoms with Crippen molar-refractivity contribution in [1.29, 1.82) is 0 Å². The standard InChI is InChI=1S/C17H23NO2/c19-16(15-10-17(20-18-15)13-6-7-13)9-11-2-1-3-14(8-11)12-4-5-12/h10-14H,1-9H2/t11-,14+/m0/s1. The summed E-state index contributed by atoms with van der Waals surface area (Å²) in [5.74, 6) is 4.14. The van der Waals surface area contributed by atoms with Gasteiger partial charge in [-0.3, -0.25) is 4.79 Å². The predicted molar refractivity (Wildman–Crippen MR) is 75.6 cm³/mol. The van der Waals surface area contributed by atoms with Crippen molar-refractivity contribution in [3.05, 3.63) is 17.5 Å². The monoisotopic (exact) mass is 273 g/mol. The number of carbonyl (C=O) groups is 1. The molecule has 3 aliphatic rings. The summed E-state index contributed by atoms with van der Waals surface area (Å²) in [4.78, 5) is 12.3. The molecule has 3 nitrogen and oxygen atoms in total. The number of aromatic nitrogens is 1. The first-order valence-electron chi connectivity index (χ1n) is 8.29. The molecule has 1 aromatic heterocycles. The van der Waals surface area contributed by atoms with Crippen LogP contribution in [-0.4, -0.2) is 10.9 Å². The molecule has 0 unspecified atom stereocenters. The van der Waals surface area contributed by atoms with Gasteiger partial charge in [-0.05, 0) is 56.3 Å². The minimum atomic E-state index is 0.196. The number of carbonyl (C=O) groups excluding carboxylic acids is 1. The van der Waals surface area contributed by atoms with Crippen LogP contribution in [0.5, 0.6) is 0 Å². The zero-order chi connectivity index (χ0) is 13.5. The highest BCUT2D eigenvalue weighted by Crippen LogP contribution is 2.46. The summed E-state index contributed by atoms with van der Waals surface area (Å²) >= 11 is 0. The van der Waals surface area contributed by atoms with Gasteiger partial charge < -0.3 is 4.52 Å². The zero-order valence-electron chi connectivity index (χ0n) is 12.0. The molecule has 0 aliphatic heterocycles. The Hall–Kier alpha value is -1.12. The third kappa shape index (κ3) is 2.68. The number of Topliss-reactive ketones (excluding diaryl/α,β-unsaturated/α-hetero) is 1. The van der Waals surface area contributed by atoms with Gasteiger partial charge in [0.25, 0.3) is 0 Å². The fraction of sp³-hybridized carbons (Fsp3) is 0.765. The van der Waals surface area contributed by atoms with Gasteiger partial charge in [0.2, 0.25) is 0 Å². The Morgan fingerprint density at radius 2 is 2.00 bits per heavy atom. The molecule has 0 amide bonds. The molecule has 0 radical (unpaired) electrons. The van der Waals surface area contributed by atoms with Crippen LogP contribution in [0.15, 0.2) is 10.6 Å². The molecule has 20 heavy (non-hydrogen) atoms. The summed E-state index contributed by atoms with van der Waals surface area (Å²) in [6, 6.07) is 1.89. The molecule has 1 aromatic rings. The Morgan fingerprint density at radius 1 is 1.15 bits per heavy atom. The maximum absolute atomic E-state index is 12.3. The molecule has 2 atom stereocenters. The molecule has 3 saturated carbocycles. The second-order valence-corrected chi connectivity index (χ2v) is 7.15. The van der Waals surface area contributed by atoms with E-state index in [0.29, 0.717) is 24.0 Å². The molecule has 3 heteroatoms. The molecule has 3 aliphatic carbocycles. The van der Waals surface area contributed by atoms with Crippen LogP contribution in [0, 0.1) is 17.8 Å². The van der Waals surface area contributed by atoms with E-state index in [4.69, 9.17) is 4.52 Å². The quantitative estimate of drug-likeness (QED) is 0.749. The smallest absolute Gasteiger partial charge is 0.185 e. The van der Waals surface area contributed by atoms with Crippen molar-refractivity contribution in [3.63, 3.8) is 0 Å². The van der Waals surface area contributed by atoms with Gasteiger partial charge >= 0.3 is 0 Å². The number of rotatable bonds is 5. The molecule has 108 valence electrons. The van der Waals surface area contributed by atoms with Gasteiger partial charge in [0.1, 0.15) is 11.5 Å². The van der Waals surface area contributed by atoms with Gasteiger partial charge in [-0.25, -0.2) is 0 Å². The van der Waals surface area contributed by atoms with Crippen molar-refractivity contribution in [2.75, 3.05) is 0 Å². The first-order chi connectivity index (χ1) is 9.79. The lowest BCUT2D eigenvalue weighted by molar-refractivity contribution is 0.0927. The second-order valence-electron chi connectivity index (χ2n) is 7.15. The fourth-order valence-electron chi connectivity index (χ4n) is 3.86. The van der Waals surface area contributed by atoms with Gasteiger partial charge in [0.15, 0.2) is 5.78 Å². The van der Waals surface area contributed by atoms with Gasteiger partial charge in [0.05, 0.1) is 0 Å². The lowest BCUT2D eigenvalue weighted by atomic mass is 9.77. The molecule has 0 aromatic carbocycles. The summed E-state index contributed by atoms with van der Waals surface area (Å²) < 4.78 is 5.30. The summed E-state index contributed by atoms with van der Waals surface area (Å²) in [6.45, 7) is 0. The van der Waals surface area contributed by atoms with Gasteiger partial charge in [0, 0.05) is 18.4 Å². The average Bonchev–Trinajstić information content (AvgIpc) is 3.37. The molecule has 3 fully saturated rings. The number of ketones is 1. The van der Waals surface area contributed by atoms with Crippen LogP contribution in [-0.2, 0) is 0 Å². The minimum absolute atomic E-state index is 0.196. The Morgan fingerprint density at radius 3 is 2.75 bits per heavy atom. The van der Waals surface area contributed by atoms with Crippen LogP contribution in [0.2, 0.25) is 0 Å². The van der Waals surface area contributed by atoms with E-state index in [2.05, 4.69) is 5.16 Å². The van der Waals surface area contributed by atoms with E-state index in [0.717, 1.165) is 17.6 Å². The van der Waals surface area contributed by atoms with Crippen LogP contribution in [0.4, 0.5) is 0 Å². The highest BCUT2D eigenvalue weighted by Gasteiger charge is 2.35. The van der Waals surface area contributed by atoms with Crippen LogP contribution < -0.4 is 0 Å². The Labute approximate surface area is 120 Å². The molecule has 0 spiro atoms.